The number of ether oxygens (including phenoxy) is 2. The summed E-state index contributed by atoms with van der Waals surface area (Å²) in [6.45, 7) is 3.82. The van der Waals surface area contributed by atoms with E-state index in [1.165, 1.54) is 17.7 Å². The van der Waals surface area contributed by atoms with Crippen molar-refractivity contribution in [3.05, 3.63) is 121 Å². The van der Waals surface area contributed by atoms with E-state index >= 15 is 0 Å². The largest absolute Gasteiger partial charge is 0.496 e. The average Bonchev–Trinajstić information content (AvgIpc) is 3.68. The molecule has 0 fully saturated rings. The summed E-state index contributed by atoms with van der Waals surface area (Å²) < 4.78 is 13.6. The number of nitro groups is 1. The Morgan fingerprint density at radius 2 is 1.98 bits per heavy atom. The van der Waals surface area contributed by atoms with E-state index < -0.39 is 22.5 Å². The monoisotopic (exact) mass is 828 g/mol. The molecule has 1 aliphatic heterocycles. The molecule has 51 heavy (non-hydrogen) atoms. The van der Waals surface area contributed by atoms with Crippen molar-refractivity contribution in [3.63, 3.8) is 0 Å². The Kier molecular flexibility index (Phi) is 11.1. The Hall–Kier alpha value is -4.28. The molecule has 1 atom stereocenters. The molecule has 0 spiro atoms. The molecule has 12 nitrogen and oxygen atoms in total. The number of aromatic amines is 1. The summed E-state index contributed by atoms with van der Waals surface area (Å²) in [5.41, 5.74) is 1.68. The van der Waals surface area contributed by atoms with Crippen LogP contribution in [0.1, 0.15) is 43.9 Å². The van der Waals surface area contributed by atoms with Crippen molar-refractivity contribution < 1.29 is 19.2 Å². The number of thiazole rings is 1. The average molecular weight is 831 g/mol. The standard InChI is InChI=1S/C34H27BrCl2N6O6S2/c1-4-6-23-28(32(45)49-5-2)29(21-15-18(35)8-11-25(21)48-3)42-31(44)27(51-34(42)38-23)14-17-7-12-26(24(13-17)43(46)47)50-33-39-30(40-41-33)20-10-9-19(36)16-22(20)37/h7-16,29H,4-6H2,1-3H3,(H,39,40,41)/b27-14-/t29-/m0/s1. The van der Waals surface area contributed by atoms with Crippen molar-refractivity contribution in [1.82, 2.24) is 19.7 Å². The van der Waals surface area contributed by atoms with Gasteiger partial charge < -0.3 is 9.47 Å². The first-order chi connectivity index (χ1) is 24.5. The first-order valence-electron chi connectivity index (χ1n) is 15.4. The molecule has 262 valence electrons. The van der Waals surface area contributed by atoms with Crippen molar-refractivity contribution in [2.75, 3.05) is 13.7 Å². The van der Waals surface area contributed by atoms with Crippen LogP contribution in [-0.2, 0) is 9.53 Å². The number of hydrogen-bond donors (Lipinski definition) is 1. The number of esters is 1. The van der Waals surface area contributed by atoms with Gasteiger partial charge in [-0.05, 0) is 79.2 Å². The smallest absolute Gasteiger partial charge is 0.338 e. The molecular formula is C34H27BrCl2N6O6S2. The van der Waals surface area contributed by atoms with Gasteiger partial charge in [0.1, 0.15) is 11.8 Å². The minimum Gasteiger partial charge on any atom is -0.496 e. The molecule has 2 aromatic heterocycles. The van der Waals surface area contributed by atoms with Crippen LogP contribution in [0.4, 0.5) is 5.69 Å². The van der Waals surface area contributed by atoms with Gasteiger partial charge in [-0.15, -0.1) is 5.10 Å². The summed E-state index contributed by atoms with van der Waals surface area (Å²) in [5, 5.41) is 20.3. The molecule has 0 radical (unpaired) electrons. The van der Waals surface area contributed by atoms with E-state index in [2.05, 4.69) is 31.1 Å². The minimum atomic E-state index is -0.904. The number of carbonyl (C=O) groups excluding carboxylic acids is 1. The Bertz CT molecular complexity index is 2410. The quantitative estimate of drug-likeness (QED) is 0.0810. The molecule has 1 N–H and O–H groups in total. The summed E-state index contributed by atoms with van der Waals surface area (Å²) in [4.78, 5) is 49.4. The Labute approximate surface area is 317 Å². The lowest BCUT2D eigenvalue weighted by Crippen LogP contribution is -2.40. The van der Waals surface area contributed by atoms with E-state index in [1.807, 2.05) is 6.92 Å². The maximum atomic E-state index is 14.2. The van der Waals surface area contributed by atoms with Gasteiger partial charge in [-0.25, -0.2) is 14.8 Å². The molecule has 0 saturated carbocycles. The molecule has 3 aromatic carbocycles. The van der Waals surface area contributed by atoms with Crippen molar-refractivity contribution >= 4 is 80.0 Å². The van der Waals surface area contributed by atoms with Crippen molar-refractivity contribution in [1.29, 1.82) is 0 Å². The molecule has 0 aliphatic carbocycles. The van der Waals surface area contributed by atoms with Crippen LogP contribution in [0.15, 0.2) is 90.2 Å². The third kappa shape index (κ3) is 7.53. The van der Waals surface area contributed by atoms with Crippen LogP contribution in [0.2, 0.25) is 10.0 Å². The van der Waals surface area contributed by atoms with Gasteiger partial charge >= 0.3 is 5.97 Å². The number of carbonyl (C=O) groups is 1. The van der Waals surface area contributed by atoms with Gasteiger partial charge in [0.2, 0.25) is 5.16 Å². The van der Waals surface area contributed by atoms with Gasteiger partial charge in [0.15, 0.2) is 10.6 Å². The zero-order valence-corrected chi connectivity index (χ0v) is 31.8. The second kappa shape index (κ2) is 15.5. The number of aromatic nitrogens is 4. The number of rotatable bonds is 11. The number of nitrogens with one attached hydrogen (secondary N) is 1. The third-order valence-electron chi connectivity index (χ3n) is 7.71. The molecule has 5 aromatic rings. The van der Waals surface area contributed by atoms with Crippen LogP contribution in [0, 0.1) is 10.1 Å². The SMILES string of the molecule is CCCC1=C(C(=O)OCC)[C@H](c2cc(Br)ccc2OC)n2c(s/c(=C\c3ccc(Sc4n[nH]c(-c5ccc(Cl)cc5Cl)n4)c([N+](=O)[O-])c3)c2=O)=N1. The highest BCUT2D eigenvalue weighted by Gasteiger charge is 2.36. The molecule has 0 unspecified atom stereocenters. The second-order valence-corrected chi connectivity index (χ2v) is 14.8. The fourth-order valence-corrected chi connectivity index (χ4v) is 8.23. The Morgan fingerprint density at radius 3 is 2.69 bits per heavy atom. The summed E-state index contributed by atoms with van der Waals surface area (Å²) in [6, 6.07) is 14.0. The van der Waals surface area contributed by atoms with Gasteiger partial charge in [0.05, 0.1) is 44.4 Å². The summed E-state index contributed by atoms with van der Waals surface area (Å²) in [6.07, 6.45) is 2.73. The molecule has 17 heteroatoms. The Balaban J connectivity index is 1.43. The number of nitrogens with zero attached hydrogens (tertiary/aromatic N) is 5. The third-order valence-corrected chi connectivity index (χ3v) is 10.7. The van der Waals surface area contributed by atoms with E-state index in [1.54, 1.807) is 61.5 Å². The minimum absolute atomic E-state index is 0.135. The van der Waals surface area contributed by atoms with Crippen LogP contribution in [0.5, 0.6) is 5.75 Å². The molecule has 1 aliphatic rings. The van der Waals surface area contributed by atoms with Crippen LogP contribution in [0.25, 0.3) is 17.5 Å². The lowest BCUT2D eigenvalue weighted by molar-refractivity contribution is -0.387. The van der Waals surface area contributed by atoms with Gasteiger partial charge in [-0.3, -0.25) is 24.6 Å². The number of H-pyrrole nitrogens is 1. The van der Waals surface area contributed by atoms with E-state index in [9.17, 15) is 19.7 Å². The molecule has 6 rings (SSSR count). The highest BCUT2D eigenvalue weighted by atomic mass is 79.9. The number of fused-ring (bicyclic) bond motifs is 1. The summed E-state index contributed by atoms with van der Waals surface area (Å²) >= 11 is 18.0. The van der Waals surface area contributed by atoms with E-state index in [4.69, 9.17) is 37.7 Å². The van der Waals surface area contributed by atoms with Crippen molar-refractivity contribution in [3.8, 4) is 17.1 Å². The number of hydrogen-bond acceptors (Lipinski definition) is 11. The number of halogens is 3. The lowest BCUT2D eigenvalue weighted by Gasteiger charge is -2.27. The van der Waals surface area contributed by atoms with Gasteiger partial charge in [-0.1, -0.05) is 69.9 Å². The van der Waals surface area contributed by atoms with Crippen LogP contribution in [-0.4, -0.2) is 44.4 Å². The van der Waals surface area contributed by atoms with E-state index in [0.29, 0.717) is 61.6 Å². The number of methoxy groups -OCH3 is 1. The molecule has 0 bridgehead atoms. The van der Waals surface area contributed by atoms with Crippen molar-refractivity contribution in [2.24, 2.45) is 4.99 Å². The van der Waals surface area contributed by atoms with Gasteiger partial charge in [-0.2, -0.15) is 0 Å². The van der Waals surface area contributed by atoms with E-state index in [-0.39, 0.29) is 32.5 Å². The number of allylic oxidation sites excluding steroid dienone is 1. The van der Waals surface area contributed by atoms with Gasteiger partial charge in [0, 0.05) is 26.7 Å². The van der Waals surface area contributed by atoms with Crippen molar-refractivity contribution in [2.45, 2.75) is 42.8 Å². The fourth-order valence-electron chi connectivity index (χ4n) is 5.53. The molecule has 0 saturated heterocycles. The van der Waals surface area contributed by atoms with Crippen LogP contribution >= 0.6 is 62.2 Å². The highest BCUT2D eigenvalue weighted by molar-refractivity contribution is 9.10. The lowest BCUT2D eigenvalue weighted by atomic mass is 9.93. The molecule has 0 amide bonds. The first kappa shape index (κ1) is 36.5. The number of nitro benzene ring substituents is 1. The Morgan fingerprint density at radius 1 is 1.18 bits per heavy atom. The summed E-state index contributed by atoms with van der Waals surface area (Å²) in [7, 11) is 1.52. The maximum absolute atomic E-state index is 14.2. The van der Waals surface area contributed by atoms with Gasteiger partial charge in [0.25, 0.3) is 11.2 Å². The van der Waals surface area contributed by atoms with E-state index in [0.717, 1.165) is 27.6 Å². The topological polar surface area (TPSA) is 155 Å². The fraction of sp³-hybridized carbons (Fsp3) is 0.206. The maximum Gasteiger partial charge on any atom is 0.338 e. The molecular weight excluding hydrogens is 803 g/mol. The second-order valence-electron chi connectivity index (χ2n) is 11.0. The zero-order valence-electron chi connectivity index (χ0n) is 27.1. The summed E-state index contributed by atoms with van der Waals surface area (Å²) in [5.74, 6) is 0.265. The zero-order chi connectivity index (χ0) is 36.4. The number of benzene rings is 3. The normalized spacial score (nSPS) is 14.3. The highest BCUT2D eigenvalue weighted by Crippen LogP contribution is 2.39. The predicted molar refractivity (Wildman–Crippen MR) is 199 cm³/mol. The molecule has 3 heterocycles. The predicted octanol–water partition coefficient (Wildman–Crippen LogP) is 7.50. The van der Waals surface area contributed by atoms with Crippen LogP contribution in [0.3, 0.4) is 0 Å². The van der Waals surface area contributed by atoms with Crippen LogP contribution < -0.4 is 19.6 Å². The first-order valence-corrected chi connectivity index (χ1v) is 18.6.